The summed E-state index contributed by atoms with van der Waals surface area (Å²) in [4.78, 5) is 29.2. The first-order valence-electron chi connectivity index (χ1n) is 15.9. The van der Waals surface area contributed by atoms with Gasteiger partial charge in [0, 0.05) is 17.9 Å². The third-order valence-electron chi connectivity index (χ3n) is 10.3. The predicted molar refractivity (Wildman–Crippen MR) is 161 cm³/mol. The summed E-state index contributed by atoms with van der Waals surface area (Å²) in [5.41, 5.74) is -1.16. The van der Waals surface area contributed by atoms with E-state index in [2.05, 4.69) is 25.3 Å². The quantitative estimate of drug-likeness (QED) is 0.313. The number of hydrogen-bond donors (Lipinski definition) is 3. The number of rotatable bonds is 6. The van der Waals surface area contributed by atoms with Crippen molar-refractivity contribution in [2.45, 2.75) is 137 Å². The number of carbonyl (C=O) groups is 2. The molecule has 0 aromatic rings. The fraction of sp³-hybridized carbons (Fsp3) is 0.879. The zero-order chi connectivity index (χ0) is 31.4. The van der Waals surface area contributed by atoms with E-state index in [1.807, 2.05) is 27.7 Å². The number of aliphatic hydroxyl groups excluding tert-OH is 2. The third-order valence-corrected chi connectivity index (χ3v) is 10.3. The van der Waals surface area contributed by atoms with Gasteiger partial charge >= 0.3 is 5.97 Å². The number of cyclic esters (lactones) is 1. The van der Waals surface area contributed by atoms with Crippen LogP contribution < -0.4 is 0 Å². The number of ether oxygens (including phenoxy) is 2. The van der Waals surface area contributed by atoms with E-state index in [4.69, 9.17) is 9.47 Å². The zero-order valence-electron chi connectivity index (χ0n) is 27.3. The molecule has 1 saturated carbocycles. The molecule has 8 nitrogen and oxygen atoms in total. The first-order valence-corrected chi connectivity index (χ1v) is 15.9. The van der Waals surface area contributed by atoms with Crippen LogP contribution in [0.1, 0.15) is 94.9 Å². The molecule has 0 spiro atoms. The highest BCUT2D eigenvalue weighted by atomic mass is 16.6. The second-order valence-electron chi connectivity index (χ2n) is 13.4. The Balaban J connectivity index is 2.50. The number of likely N-dealkylation sites (N-methyl/N-ethyl adjacent to an activating group) is 1. The normalized spacial score (nSPS) is 44.0. The number of hydrogen-bond acceptors (Lipinski definition) is 8. The summed E-state index contributed by atoms with van der Waals surface area (Å²) in [7, 11) is 0. The molecule has 2 rings (SSSR count). The minimum absolute atomic E-state index is 0.00442. The highest BCUT2D eigenvalue weighted by molar-refractivity contribution is 5.96. The van der Waals surface area contributed by atoms with Gasteiger partial charge in [-0.25, -0.2) is 0 Å². The van der Waals surface area contributed by atoms with Crippen molar-refractivity contribution in [2.75, 3.05) is 13.1 Å². The van der Waals surface area contributed by atoms with Crippen molar-refractivity contribution in [1.82, 2.24) is 4.90 Å². The van der Waals surface area contributed by atoms with Crippen LogP contribution in [-0.4, -0.2) is 87.2 Å². The molecule has 1 aliphatic heterocycles. The Morgan fingerprint density at radius 2 is 1.56 bits per heavy atom. The maximum Gasteiger partial charge on any atom is 0.311 e. The summed E-state index contributed by atoms with van der Waals surface area (Å²) in [5.74, 6) is -2.86. The summed E-state index contributed by atoms with van der Waals surface area (Å²) in [6, 6.07) is -0.0744. The van der Waals surface area contributed by atoms with Crippen LogP contribution in [0.4, 0.5) is 0 Å². The van der Waals surface area contributed by atoms with Crippen LogP contribution in [0.15, 0.2) is 12.2 Å². The van der Waals surface area contributed by atoms with Gasteiger partial charge in [0.05, 0.1) is 35.9 Å². The SMILES string of the molecule is C=C1C(=O)[C@H](C)C[C@@](C)(O)[C@H](O)[C@@H](C)[C@H](O[C@@H]2CC(C)[C@@H](O)C(N(CC)CC)C2)[C@@H](C)C(=O)O[C@H](CC)[C@H](C)[C@@H]1C. The van der Waals surface area contributed by atoms with Crippen LogP contribution in [0.5, 0.6) is 0 Å². The summed E-state index contributed by atoms with van der Waals surface area (Å²) < 4.78 is 12.8. The van der Waals surface area contributed by atoms with Crippen molar-refractivity contribution in [3.05, 3.63) is 12.2 Å². The zero-order valence-corrected chi connectivity index (χ0v) is 27.3. The van der Waals surface area contributed by atoms with Crippen LogP contribution in [0, 0.1) is 35.5 Å². The molecule has 0 amide bonds. The summed E-state index contributed by atoms with van der Waals surface area (Å²) in [6.45, 7) is 24.6. The van der Waals surface area contributed by atoms with Gasteiger partial charge in [-0.2, -0.15) is 0 Å². The second-order valence-corrected chi connectivity index (χ2v) is 13.4. The molecule has 1 saturated heterocycles. The van der Waals surface area contributed by atoms with E-state index in [0.717, 1.165) is 13.1 Å². The van der Waals surface area contributed by atoms with E-state index in [1.54, 1.807) is 27.7 Å². The number of ketones is 1. The number of Topliss-reactive ketones (excluding diaryl/α,β-unsaturated/α-hetero) is 1. The fourth-order valence-corrected chi connectivity index (χ4v) is 7.24. The Kier molecular flexibility index (Phi) is 13.1. The van der Waals surface area contributed by atoms with E-state index in [-0.39, 0.29) is 42.1 Å². The highest BCUT2D eigenvalue weighted by Crippen LogP contribution is 2.38. The topological polar surface area (TPSA) is 117 Å². The molecule has 0 bridgehead atoms. The summed E-state index contributed by atoms with van der Waals surface area (Å²) in [5, 5.41) is 34.0. The molecular formula is C33H59NO7. The standard InChI is InChI=1S/C33H59NO7/c1-12-27-21(7)20(6)22(8)28(35)19(5)17-33(11,39)31(37)23(9)30(24(10)32(38)41-27)40-25-15-18(4)29(36)26(16-25)34(13-2)14-3/h18-21,23-27,29-31,36-37,39H,8,12-17H2,1-7,9-11H3/t18?,19-,20+,21-,23+,24-,25-,26?,27-,29-,30+,31-,33-/m1/s1. The molecule has 8 heteroatoms. The van der Waals surface area contributed by atoms with Gasteiger partial charge in [-0.1, -0.05) is 62.0 Å². The number of allylic oxidation sites excluding steroid dienone is 1. The number of esters is 1. The molecule has 238 valence electrons. The second kappa shape index (κ2) is 14.9. The lowest BCUT2D eigenvalue weighted by Gasteiger charge is -2.46. The molecule has 0 aromatic heterocycles. The van der Waals surface area contributed by atoms with Gasteiger partial charge < -0.3 is 24.8 Å². The average Bonchev–Trinajstić information content (AvgIpc) is 2.93. The number of carbonyl (C=O) groups excluding carboxylic acids is 2. The van der Waals surface area contributed by atoms with Crippen molar-refractivity contribution < 1.29 is 34.4 Å². The smallest absolute Gasteiger partial charge is 0.311 e. The first-order chi connectivity index (χ1) is 19.0. The van der Waals surface area contributed by atoms with Gasteiger partial charge in [0.2, 0.25) is 0 Å². The van der Waals surface area contributed by atoms with Gasteiger partial charge in [-0.3, -0.25) is 14.5 Å². The van der Waals surface area contributed by atoms with Gasteiger partial charge in [-0.15, -0.1) is 0 Å². The van der Waals surface area contributed by atoms with E-state index >= 15 is 0 Å². The first kappa shape index (κ1) is 35.9. The van der Waals surface area contributed by atoms with Gasteiger partial charge in [0.25, 0.3) is 0 Å². The lowest BCUT2D eigenvalue weighted by Crippen LogP contribution is -2.55. The average molecular weight is 582 g/mol. The molecule has 13 atom stereocenters. The largest absolute Gasteiger partial charge is 0.462 e. The van der Waals surface area contributed by atoms with Crippen molar-refractivity contribution in [2.24, 2.45) is 35.5 Å². The molecular weight excluding hydrogens is 522 g/mol. The fourth-order valence-electron chi connectivity index (χ4n) is 7.24. The summed E-state index contributed by atoms with van der Waals surface area (Å²) in [6.07, 6.45) is -1.29. The molecule has 3 N–H and O–H groups in total. The van der Waals surface area contributed by atoms with Crippen LogP contribution >= 0.6 is 0 Å². The van der Waals surface area contributed by atoms with Crippen LogP contribution in [0.25, 0.3) is 0 Å². The molecule has 2 unspecified atom stereocenters. The summed E-state index contributed by atoms with van der Waals surface area (Å²) >= 11 is 0. The third kappa shape index (κ3) is 8.20. The minimum atomic E-state index is -1.61. The van der Waals surface area contributed by atoms with Crippen molar-refractivity contribution in [3.63, 3.8) is 0 Å². The lowest BCUT2D eigenvalue weighted by atomic mass is 9.74. The predicted octanol–water partition coefficient (Wildman–Crippen LogP) is 4.38. The van der Waals surface area contributed by atoms with E-state index < -0.39 is 53.7 Å². The molecule has 0 radical (unpaired) electrons. The van der Waals surface area contributed by atoms with E-state index in [1.165, 1.54) is 0 Å². The molecule has 1 aliphatic carbocycles. The van der Waals surface area contributed by atoms with Gasteiger partial charge in [0.1, 0.15) is 6.10 Å². The number of aliphatic hydroxyl groups is 3. The number of nitrogens with zero attached hydrogens (tertiary/aromatic N) is 1. The highest BCUT2D eigenvalue weighted by Gasteiger charge is 2.46. The van der Waals surface area contributed by atoms with Crippen LogP contribution in [0.2, 0.25) is 0 Å². The molecule has 2 fully saturated rings. The Hall–Kier alpha value is -1.32. The van der Waals surface area contributed by atoms with Gasteiger partial charge in [-0.05, 0) is 75.9 Å². The van der Waals surface area contributed by atoms with Crippen molar-refractivity contribution in [3.8, 4) is 0 Å². The Labute approximate surface area is 248 Å². The van der Waals surface area contributed by atoms with Crippen molar-refractivity contribution >= 4 is 11.8 Å². The van der Waals surface area contributed by atoms with E-state index in [0.29, 0.717) is 24.8 Å². The van der Waals surface area contributed by atoms with Crippen LogP contribution in [-0.2, 0) is 19.1 Å². The molecule has 0 aromatic carbocycles. The Morgan fingerprint density at radius 3 is 2.10 bits per heavy atom. The van der Waals surface area contributed by atoms with Gasteiger partial charge in [0.15, 0.2) is 5.78 Å². The lowest BCUT2D eigenvalue weighted by molar-refractivity contribution is -0.185. The monoisotopic (exact) mass is 581 g/mol. The maximum absolute atomic E-state index is 13.7. The molecule has 1 heterocycles. The molecule has 41 heavy (non-hydrogen) atoms. The van der Waals surface area contributed by atoms with E-state index in [9.17, 15) is 24.9 Å². The maximum atomic E-state index is 13.7. The minimum Gasteiger partial charge on any atom is -0.462 e. The Morgan fingerprint density at radius 1 is 0.976 bits per heavy atom. The van der Waals surface area contributed by atoms with Crippen molar-refractivity contribution in [1.29, 1.82) is 0 Å². The Bertz CT molecular complexity index is 885. The molecule has 2 aliphatic rings. The van der Waals surface area contributed by atoms with Crippen LogP contribution in [0.3, 0.4) is 0 Å².